The molecular weight excluding hydrogens is 648 g/mol. The normalized spacial score (nSPS) is 14.2. The van der Waals surface area contributed by atoms with Gasteiger partial charge in [-0.25, -0.2) is 18.2 Å². The zero-order chi connectivity index (χ0) is 36.3. The van der Waals surface area contributed by atoms with Gasteiger partial charge in [-0.3, -0.25) is 9.52 Å². The summed E-state index contributed by atoms with van der Waals surface area (Å²) in [7, 11) is -0.297. The van der Waals surface area contributed by atoms with Gasteiger partial charge < -0.3 is 29.3 Å². The molecule has 4 rings (SSSR count). The third-order valence-electron chi connectivity index (χ3n) is 7.96. The summed E-state index contributed by atoms with van der Waals surface area (Å²) >= 11 is 0. The summed E-state index contributed by atoms with van der Waals surface area (Å²) < 4.78 is 44.0. The Morgan fingerprint density at radius 2 is 1.65 bits per heavy atom. The Hall–Kier alpha value is -4.59. The highest BCUT2D eigenvalue weighted by Gasteiger charge is 2.29. The molecule has 1 fully saturated rings. The van der Waals surface area contributed by atoms with E-state index in [1.54, 1.807) is 47.5 Å². The van der Waals surface area contributed by atoms with Crippen LogP contribution in [0.1, 0.15) is 75.9 Å². The molecule has 13 nitrogen and oxygen atoms in total. The number of aromatic nitrogens is 2. The van der Waals surface area contributed by atoms with Crippen LogP contribution >= 0.6 is 0 Å². The lowest BCUT2D eigenvalue weighted by Crippen LogP contribution is -2.47. The van der Waals surface area contributed by atoms with Crippen molar-refractivity contribution in [2.75, 3.05) is 48.4 Å². The predicted molar refractivity (Wildman–Crippen MR) is 191 cm³/mol. The smallest absolute Gasteiger partial charge is 0.410 e. The maximum Gasteiger partial charge on any atom is 0.410 e. The first-order valence-electron chi connectivity index (χ1n) is 16.1. The fraction of sp³-hybridized carbons (Fsp3) is 0.486. The molecule has 2 heterocycles. The molecule has 0 aliphatic carbocycles. The van der Waals surface area contributed by atoms with Crippen molar-refractivity contribution in [2.45, 2.75) is 78.4 Å². The molecule has 3 aromatic rings. The average Bonchev–Trinajstić information content (AvgIpc) is 3.00. The first-order valence-corrected chi connectivity index (χ1v) is 18.0. The fourth-order valence-corrected chi connectivity index (χ4v) is 5.84. The highest BCUT2D eigenvalue weighted by atomic mass is 32.2. The molecule has 2 N–H and O–H groups in total. The average molecular weight is 697 g/mol. The number of carbonyl (C=O) groups is 2. The summed E-state index contributed by atoms with van der Waals surface area (Å²) in [5.41, 5.74) is 1.52. The topological polar surface area (TPSA) is 152 Å². The van der Waals surface area contributed by atoms with Gasteiger partial charge in [0.2, 0.25) is 21.9 Å². The summed E-state index contributed by atoms with van der Waals surface area (Å²) in [6, 6.07) is 10.3. The monoisotopic (exact) mass is 696 g/mol. The van der Waals surface area contributed by atoms with Gasteiger partial charge in [-0.15, -0.1) is 0 Å². The van der Waals surface area contributed by atoms with Crippen LogP contribution in [0.4, 0.5) is 22.1 Å². The summed E-state index contributed by atoms with van der Waals surface area (Å²) in [5.74, 6) is 0.952. The molecule has 0 atom stereocenters. The number of likely N-dealkylation sites (tertiary alicyclic amines) is 1. The lowest BCUT2D eigenvalue weighted by Gasteiger charge is -2.37. The van der Waals surface area contributed by atoms with Gasteiger partial charge >= 0.3 is 6.09 Å². The first-order chi connectivity index (χ1) is 22.7. The van der Waals surface area contributed by atoms with E-state index < -0.39 is 21.5 Å². The van der Waals surface area contributed by atoms with E-state index >= 15 is 0 Å². The first kappa shape index (κ1) is 37.2. The van der Waals surface area contributed by atoms with Crippen LogP contribution in [-0.4, -0.2) is 80.4 Å². The van der Waals surface area contributed by atoms with Crippen molar-refractivity contribution in [3.8, 4) is 17.4 Å². The number of benzene rings is 2. The largest absolute Gasteiger partial charge is 0.492 e. The molecule has 1 saturated heterocycles. The highest BCUT2D eigenvalue weighted by Crippen LogP contribution is 2.39. The van der Waals surface area contributed by atoms with Crippen molar-refractivity contribution in [1.29, 1.82) is 0 Å². The molecule has 1 aromatic heterocycles. The summed E-state index contributed by atoms with van der Waals surface area (Å²) in [6.45, 7) is 14.5. The van der Waals surface area contributed by atoms with Crippen molar-refractivity contribution < 1.29 is 32.2 Å². The Morgan fingerprint density at radius 3 is 2.24 bits per heavy atom. The summed E-state index contributed by atoms with van der Waals surface area (Å²) in [6.07, 6.45) is 3.83. The lowest BCUT2D eigenvalue weighted by atomic mass is 9.86. The van der Waals surface area contributed by atoms with Crippen molar-refractivity contribution in [3.05, 3.63) is 59.3 Å². The lowest BCUT2D eigenvalue weighted by molar-refractivity contribution is 0.0205. The van der Waals surface area contributed by atoms with E-state index in [0.717, 1.165) is 30.2 Å². The molecule has 2 amide bonds. The zero-order valence-electron chi connectivity index (χ0n) is 30.0. The van der Waals surface area contributed by atoms with Crippen LogP contribution in [-0.2, 0) is 20.2 Å². The van der Waals surface area contributed by atoms with Crippen LogP contribution in [0.2, 0.25) is 0 Å². The number of rotatable bonds is 9. The third-order valence-corrected chi connectivity index (χ3v) is 8.55. The molecule has 0 spiro atoms. The number of hydrogen-bond acceptors (Lipinski definition) is 10. The predicted octanol–water partition coefficient (Wildman–Crippen LogP) is 6.34. The second-order valence-electron chi connectivity index (χ2n) is 14.3. The van der Waals surface area contributed by atoms with E-state index in [1.807, 2.05) is 60.4 Å². The van der Waals surface area contributed by atoms with Crippen LogP contribution in [0.25, 0.3) is 0 Å². The standard InChI is InChI=1S/C35H48N6O7S/c1-22-11-12-23(31(42)37-26-20-24(34(2,3)4)21-27(30(26)46-9)39-49(10,44)45)19-28(22)47-29-13-16-36-32(38-29)40(8)25-14-17-41(18-15-25)33(43)48-35(5,6)7/h11-13,16,19-21,25,39H,14-15,17-18H2,1-10H3,(H,37,42). The van der Waals surface area contributed by atoms with E-state index in [-0.39, 0.29) is 29.0 Å². The Morgan fingerprint density at radius 1 is 1.00 bits per heavy atom. The number of nitrogens with zero attached hydrogens (tertiary/aromatic N) is 4. The van der Waals surface area contributed by atoms with Crippen LogP contribution < -0.4 is 24.4 Å². The van der Waals surface area contributed by atoms with E-state index in [1.165, 1.54) is 7.11 Å². The number of anilines is 3. The molecular formula is C35H48N6O7S. The van der Waals surface area contributed by atoms with Crippen molar-refractivity contribution in [3.63, 3.8) is 0 Å². The van der Waals surface area contributed by atoms with Gasteiger partial charge in [0.15, 0.2) is 5.75 Å². The fourth-order valence-electron chi connectivity index (χ4n) is 5.29. The molecule has 0 unspecified atom stereocenters. The van der Waals surface area contributed by atoms with Crippen LogP contribution in [0.3, 0.4) is 0 Å². The molecule has 266 valence electrons. The van der Waals surface area contributed by atoms with Gasteiger partial charge in [0, 0.05) is 44.0 Å². The van der Waals surface area contributed by atoms with Crippen molar-refractivity contribution in [2.24, 2.45) is 0 Å². The van der Waals surface area contributed by atoms with Gasteiger partial charge in [-0.2, -0.15) is 4.98 Å². The highest BCUT2D eigenvalue weighted by molar-refractivity contribution is 7.92. The van der Waals surface area contributed by atoms with Gasteiger partial charge in [-0.1, -0.05) is 26.8 Å². The second kappa shape index (κ2) is 14.5. The maximum absolute atomic E-state index is 13.6. The number of amides is 2. The van der Waals surface area contributed by atoms with Crippen molar-refractivity contribution in [1.82, 2.24) is 14.9 Å². The number of carbonyl (C=O) groups excluding carboxylic acids is 2. The van der Waals surface area contributed by atoms with Gasteiger partial charge in [-0.05, 0) is 81.3 Å². The van der Waals surface area contributed by atoms with Crippen LogP contribution in [0.15, 0.2) is 42.6 Å². The molecule has 14 heteroatoms. The molecule has 0 radical (unpaired) electrons. The molecule has 0 bridgehead atoms. The molecule has 49 heavy (non-hydrogen) atoms. The summed E-state index contributed by atoms with van der Waals surface area (Å²) in [4.78, 5) is 38.9. The number of sulfonamides is 1. The van der Waals surface area contributed by atoms with Crippen molar-refractivity contribution >= 4 is 39.3 Å². The van der Waals surface area contributed by atoms with Crippen LogP contribution in [0.5, 0.6) is 17.4 Å². The maximum atomic E-state index is 13.6. The Labute approximate surface area is 289 Å². The van der Waals surface area contributed by atoms with E-state index in [4.69, 9.17) is 14.2 Å². The Bertz CT molecular complexity index is 1790. The molecule has 0 saturated carbocycles. The number of piperidine rings is 1. The third kappa shape index (κ3) is 9.97. The number of methoxy groups -OCH3 is 1. The summed E-state index contributed by atoms with van der Waals surface area (Å²) in [5, 5.41) is 2.89. The minimum atomic E-state index is -3.63. The van der Waals surface area contributed by atoms with Gasteiger partial charge in [0.25, 0.3) is 5.91 Å². The molecule has 2 aromatic carbocycles. The quantitative estimate of drug-likeness (QED) is 0.259. The minimum absolute atomic E-state index is 0.115. The molecule has 1 aliphatic rings. The van der Waals surface area contributed by atoms with Gasteiger partial charge in [0.05, 0.1) is 24.7 Å². The Balaban J connectivity index is 1.51. The second-order valence-corrected chi connectivity index (χ2v) is 16.0. The van der Waals surface area contributed by atoms with Crippen LogP contribution in [0, 0.1) is 6.92 Å². The number of aryl methyl sites for hydroxylation is 1. The Kier molecular flexibility index (Phi) is 11.0. The van der Waals surface area contributed by atoms with E-state index in [2.05, 4.69) is 20.0 Å². The zero-order valence-corrected chi connectivity index (χ0v) is 30.8. The van der Waals surface area contributed by atoms with E-state index in [9.17, 15) is 18.0 Å². The van der Waals surface area contributed by atoms with Gasteiger partial charge in [0.1, 0.15) is 11.4 Å². The number of hydrogen-bond donors (Lipinski definition) is 2. The SMILES string of the molecule is COc1c(NC(=O)c2ccc(C)c(Oc3ccnc(N(C)C4CCN(C(=O)OC(C)(C)C)CC4)n3)c2)cc(C(C)(C)C)cc1NS(C)(=O)=O. The van der Waals surface area contributed by atoms with E-state index in [0.29, 0.717) is 41.9 Å². The molecule has 1 aliphatic heterocycles. The number of nitrogens with one attached hydrogen (secondary N) is 2. The number of ether oxygens (including phenoxy) is 3. The minimum Gasteiger partial charge on any atom is -0.492 e.